The Morgan fingerprint density at radius 1 is 1.06 bits per heavy atom. The van der Waals surface area contributed by atoms with Crippen LogP contribution < -0.4 is 0 Å². The molecule has 0 aromatic heterocycles. The predicted octanol–water partition coefficient (Wildman–Crippen LogP) is 4.19. The maximum Gasteiger partial charge on any atom is 0.421 e. The summed E-state index contributed by atoms with van der Waals surface area (Å²) >= 11 is 0. The zero-order valence-corrected chi connectivity index (χ0v) is 10.7. The third-order valence-electron chi connectivity index (χ3n) is 3.23. The maximum atomic E-state index is 12.8. The van der Waals surface area contributed by atoms with Crippen molar-refractivity contribution in [3.8, 4) is 0 Å². The lowest BCUT2D eigenvalue weighted by molar-refractivity contribution is -0.267. The van der Waals surface area contributed by atoms with Gasteiger partial charge < -0.3 is 5.11 Å². The SMILES string of the molecule is CCCCc1ccc(C(O)(CC)C(F)(F)F)cc1. The van der Waals surface area contributed by atoms with E-state index in [0.29, 0.717) is 0 Å². The van der Waals surface area contributed by atoms with Crippen LogP contribution in [0, 0.1) is 0 Å². The molecule has 1 nitrogen and oxygen atoms in total. The standard InChI is InChI=1S/C14H19F3O/c1-3-5-6-11-7-9-12(10-8-11)13(18,4-2)14(15,16)17/h7-10,18H,3-6H2,1-2H3. The normalized spacial score (nSPS) is 15.4. The molecule has 1 unspecified atom stereocenters. The van der Waals surface area contributed by atoms with Crippen molar-refractivity contribution < 1.29 is 18.3 Å². The van der Waals surface area contributed by atoms with E-state index in [1.54, 1.807) is 12.1 Å². The van der Waals surface area contributed by atoms with Gasteiger partial charge in [-0.2, -0.15) is 13.2 Å². The molecule has 1 aromatic rings. The van der Waals surface area contributed by atoms with E-state index in [2.05, 4.69) is 6.92 Å². The van der Waals surface area contributed by atoms with Crippen molar-refractivity contribution in [3.63, 3.8) is 0 Å². The van der Waals surface area contributed by atoms with Crippen LogP contribution in [0.4, 0.5) is 13.2 Å². The van der Waals surface area contributed by atoms with Crippen LogP contribution in [-0.2, 0) is 12.0 Å². The first-order chi connectivity index (χ1) is 8.35. The van der Waals surface area contributed by atoms with Crippen LogP contribution in [0.2, 0.25) is 0 Å². The van der Waals surface area contributed by atoms with Crippen molar-refractivity contribution in [1.82, 2.24) is 0 Å². The Labute approximate surface area is 106 Å². The number of rotatable bonds is 5. The molecule has 0 heterocycles. The van der Waals surface area contributed by atoms with Gasteiger partial charge in [0.05, 0.1) is 0 Å². The second-order valence-corrected chi connectivity index (χ2v) is 4.51. The Morgan fingerprint density at radius 3 is 2.00 bits per heavy atom. The highest BCUT2D eigenvalue weighted by atomic mass is 19.4. The summed E-state index contributed by atoms with van der Waals surface area (Å²) in [6.07, 6.45) is -2.12. The summed E-state index contributed by atoms with van der Waals surface area (Å²) in [6, 6.07) is 6.08. The summed E-state index contributed by atoms with van der Waals surface area (Å²) in [6.45, 7) is 3.40. The van der Waals surface area contributed by atoms with E-state index in [1.165, 1.54) is 19.1 Å². The van der Waals surface area contributed by atoms with Gasteiger partial charge in [-0.1, -0.05) is 44.5 Å². The Balaban J connectivity index is 2.96. The molecule has 0 aliphatic rings. The van der Waals surface area contributed by atoms with Crippen LogP contribution in [0.5, 0.6) is 0 Å². The molecule has 0 fully saturated rings. The average Bonchev–Trinajstić information content (AvgIpc) is 2.34. The highest BCUT2D eigenvalue weighted by Gasteiger charge is 2.53. The minimum Gasteiger partial charge on any atom is -0.376 e. The number of alkyl halides is 3. The van der Waals surface area contributed by atoms with E-state index >= 15 is 0 Å². The number of aryl methyl sites for hydroxylation is 1. The largest absolute Gasteiger partial charge is 0.421 e. The fourth-order valence-corrected chi connectivity index (χ4v) is 1.90. The molecule has 4 heteroatoms. The molecule has 0 spiro atoms. The van der Waals surface area contributed by atoms with Crippen LogP contribution >= 0.6 is 0 Å². The number of benzene rings is 1. The molecule has 0 amide bonds. The topological polar surface area (TPSA) is 20.2 Å². The number of hydrogen-bond donors (Lipinski definition) is 1. The van der Waals surface area contributed by atoms with Gasteiger partial charge in [0.1, 0.15) is 0 Å². The molecule has 0 aliphatic carbocycles. The van der Waals surface area contributed by atoms with Crippen LogP contribution in [0.25, 0.3) is 0 Å². The average molecular weight is 260 g/mol. The van der Waals surface area contributed by atoms with Gasteiger partial charge >= 0.3 is 6.18 Å². The van der Waals surface area contributed by atoms with Gasteiger partial charge in [0.15, 0.2) is 5.60 Å². The zero-order valence-electron chi connectivity index (χ0n) is 10.7. The third kappa shape index (κ3) is 3.05. The van der Waals surface area contributed by atoms with Gasteiger partial charge in [-0.25, -0.2) is 0 Å². The smallest absolute Gasteiger partial charge is 0.376 e. The van der Waals surface area contributed by atoms with Gasteiger partial charge in [-0.05, 0) is 30.4 Å². The fourth-order valence-electron chi connectivity index (χ4n) is 1.90. The molecule has 0 aliphatic heterocycles. The van der Waals surface area contributed by atoms with Crippen molar-refractivity contribution >= 4 is 0 Å². The van der Waals surface area contributed by atoms with Crippen molar-refractivity contribution in [3.05, 3.63) is 35.4 Å². The number of unbranched alkanes of at least 4 members (excludes halogenated alkanes) is 1. The molecule has 0 saturated heterocycles. The van der Waals surface area contributed by atoms with Gasteiger partial charge in [-0.3, -0.25) is 0 Å². The first-order valence-electron chi connectivity index (χ1n) is 6.23. The number of halogens is 3. The van der Waals surface area contributed by atoms with Crippen LogP contribution in [0.15, 0.2) is 24.3 Å². The second-order valence-electron chi connectivity index (χ2n) is 4.51. The molecule has 0 saturated carbocycles. The number of aliphatic hydroxyl groups is 1. The lowest BCUT2D eigenvalue weighted by Gasteiger charge is -2.29. The monoisotopic (exact) mass is 260 g/mol. The van der Waals surface area contributed by atoms with Gasteiger partial charge in [0.2, 0.25) is 0 Å². The number of hydrogen-bond acceptors (Lipinski definition) is 1. The van der Waals surface area contributed by atoms with Crippen molar-refractivity contribution in [2.75, 3.05) is 0 Å². The zero-order chi connectivity index (χ0) is 13.8. The molecule has 1 aromatic carbocycles. The molecule has 0 radical (unpaired) electrons. The molecule has 1 rings (SSSR count). The molecule has 0 bridgehead atoms. The second kappa shape index (κ2) is 5.74. The van der Waals surface area contributed by atoms with Gasteiger partial charge in [0, 0.05) is 0 Å². The first kappa shape index (κ1) is 15.0. The molecule has 1 atom stereocenters. The molecular weight excluding hydrogens is 241 g/mol. The Hall–Kier alpha value is -1.03. The highest BCUT2D eigenvalue weighted by Crippen LogP contribution is 2.41. The van der Waals surface area contributed by atoms with Crippen molar-refractivity contribution in [1.29, 1.82) is 0 Å². The third-order valence-corrected chi connectivity index (χ3v) is 3.23. The van der Waals surface area contributed by atoms with E-state index in [0.717, 1.165) is 24.8 Å². The lowest BCUT2D eigenvalue weighted by Crippen LogP contribution is -2.41. The van der Waals surface area contributed by atoms with Crippen molar-refractivity contribution in [2.45, 2.75) is 51.3 Å². The summed E-state index contributed by atoms with van der Waals surface area (Å²) in [5, 5.41) is 9.77. The summed E-state index contributed by atoms with van der Waals surface area (Å²) in [5.74, 6) is 0. The van der Waals surface area contributed by atoms with Crippen LogP contribution in [0.1, 0.15) is 44.2 Å². The molecule has 18 heavy (non-hydrogen) atoms. The minimum atomic E-state index is -4.65. The van der Waals surface area contributed by atoms with E-state index in [4.69, 9.17) is 0 Å². The van der Waals surface area contributed by atoms with Gasteiger partial charge in [-0.15, -0.1) is 0 Å². The van der Waals surface area contributed by atoms with E-state index < -0.39 is 11.8 Å². The maximum absolute atomic E-state index is 12.8. The summed E-state index contributed by atoms with van der Waals surface area (Å²) in [5.41, 5.74) is -1.82. The van der Waals surface area contributed by atoms with Gasteiger partial charge in [0.25, 0.3) is 0 Å². The fraction of sp³-hybridized carbons (Fsp3) is 0.571. The van der Waals surface area contributed by atoms with Crippen LogP contribution in [0.3, 0.4) is 0 Å². The summed E-state index contributed by atoms with van der Waals surface area (Å²) in [4.78, 5) is 0. The molecule has 102 valence electrons. The molecular formula is C14H19F3O. The Kier molecular flexibility index (Phi) is 4.79. The lowest BCUT2D eigenvalue weighted by atomic mass is 9.89. The minimum absolute atomic E-state index is 0.0854. The highest BCUT2D eigenvalue weighted by molar-refractivity contribution is 5.28. The van der Waals surface area contributed by atoms with E-state index in [9.17, 15) is 18.3 Å². The Bertz CT molecular complexity index is 370. The Morgan fingerprint density at radius 2 is 1.61 bits per heavy atom. The first-order valence-corrected chi connectivity index (χ1v) is 6.23. The van der Waals surface area contributed by atoms with Crippen LogP contribution in [-0.4, -0.2) is 11.3 Å². The quantitative estimate of drug-likeness (QED) is 0.841. The van der Waals surface area contributed by atoms with E-state index in [-0.39, 0.29) is 12.0 Å². The molecule has 1 N–H and O–H groups in total. The predicted molar refractivity (Wildman–Crippen MR) is 65.3 cm³/mol. The van der Waals surface area contributed by atoms with Crippen molar-refractivity contribution in [2.24, 2.45) is 0 Å². The van der Waals surface area contributed by atoms with E-state index in [1.807, 2.05) is 0 Å². The summed E-state index contributed by atoms with van der Waals surface area (Å²) < 4.78 is 38.5. The summed E-state index contributed by atoms with van der Waals surface area (Å²) in [7, 11) is 0.